The lowest BCUT2D eigenvalue weighted by molar-refractivity contribution is 0.594. The first-order chi connectivity index (χ1) is 33.6. The molecule has 0 bridgehead atoms. The van der Waals surface area contributed by atoms with E-state index in [1.165, 1.54) is 0 Å². The van der Waals surface area contributed by atoms with Crippen LogP contribution in [-0.4, -0.2) is 25.3 Å². The summed E-state index contributed by atoms with van der Waals surface area (Å²) in [5, 5.41) is 5.24. The van der Waals surface area contributed by atoms with Crippen LogP contribution >= 0.6 is 18.1 Å². The Bertz CT molecular complexity index is 3670. The Morgan fingerprint density at radius 3 is 0.657 bits per heavy atom. The fourth-order valence-electron chi connectivity index (χ4n) is 10.0. The van der Waals surface area contributed by atoms with Gasteiger partial charge in [0.1, 0.15) is 0 Å². The average molecular weight is 1080 g/mol. The average Bonchev–Trinajstić information content (AvgIpc) is 3.41. The van der Waals surface area contributed by atoms with Crippen molar-refractivity contribution < 1.29 is 25.3 Å². The van der Waals surface area contributed by atoms with Gasteiger partial charge in [0.2, 0.25) is 29.5 Å². The molecule has 0 unspecified atom stereocenters. The lowest BCUT2D eigenvalue weighted by Gasteiger charge is -2.52. The van der Waals surface area contributed by atoms with Gasteiger partial charge in [0.15, 0.2) is 0 Å². The van der Waals surface area contributed by atoms with Crippen LogP contribution in [0.2, 0.25) is 0 Å². The molecule has 0 saturated heterocycles. The molecule has 0 N–H and O–H groups in total. The molecule has 9 aromatic rings. The SMILES string of the molecule is O=S(=O)(c1ccccc1)c1cc2c3c(c1)P(=S)(c1ccccc1)c1cc(S(=O)(=O)c4ccccc4)cc4c1N3c1c(cc(S(=O)(=O)c3ccccc3)cc1P4(=S)c1ccccc1)P2(=S)c1ccccc1. The maximum atomic E-state index is 15.2. The predicted molar refractivity (Wildman–Crippen MR) is 296 cm³/mol. The minimum absolute atomic E-state index is 0.0392. The Hall–Kier alpha value is -5.42. The molecule has 9 aromatic carbocycles. The fourth-order valence-corrected chi connectivity index (χ4v) is 27.7. The quantitative estimate of drug-likeness (QED) is 0.133. The van der Waals surface area contributed by atoms with E-state index < -0.39 is 47.6 Å². The van der Waals surface area contributed by atoms with E-state index in [4.69, 9.17) is 35.4 Å². The zero-order chi connectivity index (χ0) is 48.4. The summed E-state index contributed by atoms with van der Waals surface area (Å²) in [4.78, 5) is 2.15. The first-order valence-corrected chi connectivity index (χ1v) is 34.7. The summed E-state index contributed by atoms with van der Waals surface area (Å²) < 4.78 is 91.4. The maximum Gasteiger partial charge on any atom is 0.206 e. The van der Waals surface area contributed by atoms with Gasteiger partial charge in [-0.25, -0.2) is 25.3 Å². The molecule has 344 valence electrons. The summed E-state index contributed by atoms with van der Waals surface area (Å²) in [7, 11) is -12.8. The molecule has 16 heteroatoms. The summed E-state index contributed by atoms with van der Waals surface area (Å²) in [6.07, 6.45) is 0. The first kappa shape index (κ1) is 45.7. The van der Waals surface area contributed by atoms with Crippen LogP contribution in [0.4, 0.5) is 17.1 Å². The van der Waals surface area contributed by atoms with E-state index in [0.29, 0.717) is 64.8 Å². The van der Waals surface area contributed by atoms with Crippen molar-refractivity contribution in [3.8, 4) is 0 Å². The van der Waals surface area contributed by atoms with E-state index in [1.54, 1.807) is 127 Å². The van der Waals surface area contributed by atoms with Gasteiger partial charge in [0.05, 0.1) is 46.4 Å². The molecule has 0 spiro atoms. The van der Waals surface area contributed by atoms with E-state index >= 15 is 25.3 Å². The highest BCUT2D eigenvalue weighted by Crippen LogP contribution is 2.66. The number of rotatable bonds is 9. The van der Waals surface area contributed by atoms with E-state index in [-0.39, 0.29) is 29.4 Å². The summed E-state index contributed by atoms with van der Waals surface area (Å²) in [6.45, 7) is 0. The van der Waals surface area contributed by atoms with Crippen LogP contribution in [-0.2, 0) is 64.9 Å². The second-order valence-corrected chi connectivity index (χ2v) is 35.9. The van der Waals surface area contributed by atoms with Crippen LogP contribution in [0.3, 0.4) is 0 Å². The molecule has 0 fully saturated rings. The standard InChI is InChI=1S/C54H36NO6P3S6/c56-68(57,40-25-13-4-14-26-40)43-31-46-52-48(33-43)63(66,38-21-9-2-10-22-38)50-35-45(70(60,61)42-29-17-6-18-30-42)36-51-54(50)55(52)53-47(62(46,65)37-19-7-1-8-20-37)32-44(69(58,59)41-27-15-5-16-28-41)34-49(53)64(51,67)39-23-11-3-12-24-39/h1-36H. The second kappa shape index (κ2) is 16.3. The van der Waals surface area contributed by atoms with Crippen molar-refractivity contribution >= 4 is 148 Å². The van der Waals surface area contributed by atoms with Gasteiger partial charge in [-0.15, -0.1) is 0 Å². The van der Waals surface area contributed by atoms with Crippen LogP contribution < -0.4 is 52.6 Å². The van der Waals surface area contributed by atoms with Gasteiger partial charge in [0.25, 0.3) is 0 Å². The molecule has 3 aliphatic heterocycles. The number of hydrogen-bond acceptors (Lipinski definition) is 10. The van der Waals surface area contributed by atoms with E-state index in [9.17, 15) is 0 Å². The Balaban J connectivity index is 1.34. The van der Waals surface area contributed by atoms with Crippen LogP contribution in [0.25, 0.3) is 0 Å². The fraction of sp³-hybridized carbons (Fsp3) is 0. The third kappa shape index (κ3) is 6.40. The predicted octanol–water partition coefficient (Wildman–Crippen LogP) is 7.86. The molecule has 0 saturated carbocycles. The summed E-state index contributed by atoms with van der Waals surface area (Å²) in [5.41, 5.74) is 1.83. The van der Waals surface area contributed by atoms with Gasteiger partial charge in [-0.1, -0.05) is 181 Å². The normalized spacial score (nSPS) is 19.8. The van der Waals surface area contributed by atoms with Gasteiger partial charge in [-0.3, -0.25) is 0 Å². The smallest absolute Gasteiger partial charge is 0.206 e. The number of benzene rings is 9. The van der Waals surface area contributed by atoms with Crippen LogP contribution in [0.15, 0.2) is 248 Å². The summed E-state index contributed by atoms with van der Waals surface area (Å²) in [5.74, 6) is 0. The Labute approximate surface area is 422 Å². The number of hydrogen-bond donors (Lipinski definition) is 0. The van der Waals surface area contributed by atoms with Crippen molar-refractivity contribution in [2.75, 3.05) is 4.90 Å². The molecule has 12 rings (SSSR count). The topological polar surface area (TPSA) is 106 Å². The van der Waals surface area contributed by atoms with Gasteiger partial charge < -0.3 is 4.90 Å². The molecule has 0 amide bonds. The van der Waals surface area contributed by atoms with Gasteiger partial charge in [0, 0.05) is 49.9 Å². The van der Waals surface area contributed by atoms with Crippen LogP contribution in [0.5, 0.6) is 0 Å². The van der Waals surface area contributed by atoms with Gasteiger partial charge in [-0.05, 0) is 88.7 Å². The van der Waals surface area contributed by atoms with Crippen LogP contribution in [0, 0.1) is 0 Å². The molecule has 0 aliphatic carbocycles. The minimum atomic E-state index is -4.28. The van der Waals surface area contributed by atoms with E-state index in [1.807, 2.05) is 91.0 Å². The number of anilines is 3. The summed E-state index contributed by atoms with van der Waals surface area (Å²) >= 11 is 21.8. The van der Waals surface area contributed by atoms with Crippen molar-refractivity contribution in [3.63, 3.8) is 0 Å². The molecule has 7 nitrogen and oxygen atoms in total. The Kier molecular flexibility index (Phi) is 10.6. The third-order valence-corrected chi connectivity index (χ3v) is 33.2. The highest BCUT2D eigenvalue weighted by Gasteiger charge is 2.54. The maximum absolute atomic E-state index is 15.2. The lowest BCUT2D eigenvalue weighted by Crippen LogP contribution is -2.53. The van der Waals surface area contributed by atoms with Gasteiger partial charge in [-0.2, -0.15) is 0 Å². The van der Waals surface area contributed by atoms with E-state index in [0.717, 1.165) is 0 Å². The summed E-state index contributed by atoms with van der Waals surface area (Å²) in [6, 6.07) is 52.5. The van der Waals surface area contributed by atoms with Crippen molar-refractivity contribution in [1.29, 1.82) is 0 Å². The molecule has 0 aromatic heterocycles. The molecular formula is C54H36NO6P3S6. The van der Waals surface area contributed by atoms with Crippen LogP contribution in [0.1, 0.15) is 0 Å². The zero-order valence-electron chi connectivity index (χ0n) is 36.5. The first-order valence-electron chi connectivity index (χ1n) is 21.9. The third-order valence-electron chi connectivity index (χ3n) is 13.3. The van der Waals surface area contributed by atoms with Crippen molar-refractivity contribution in [1.82, 2.24) is 0 Å². The Morgan fingerprint density at radius 1 is 0.271 bits per heavy atom. The van der Waals surface area contributed by atoms with E-state index in [2.05, 4.69) is 4.90 Å². The molecule has 70 heavy (non-hydrogen) atoms. The molecule has 3 heterocycles. The zero-order valence-corrected chi connectivity index (χ0v) is 44.1. The van der Waals surface area contributed by atoms with Crippen molar-refractivity contribution in [2.45, 2.75) is 29.4 Å². The number of nitrogens with zero attached hydrogens (tertiary/aromatic N) is 1. The minimum Gasteiger partial charge on any atom is -0.306 e. The second-order valence-electron chi connectivity index (χ2n) is 17.0. The van der Waals surface area contributed by atoms with Crippen molar-refractivity contribution in [2.24, 2.45) is 0 Å². The highest BCUT2D eigenvalue weighted by molar-refractivity contribution is 8.28. The monoisotopic (exact) mass is 1080 g/mol. The lowest BCUT2D eigenvalue weighted by atomic mass is 10.1. The molecule has 0 atom stereocenters. The number of sulfone groups is 3. The molecule has 0 radical (unpaired) electrons. The Morgan fingerprint density at radius 2 is 0.457 bits per heavy atom. The largest absolute Gasteiger partial charge is 0.306 e. The van der Waals surface area contributed by atoms with Crippen molar-refractivity contribution in [3.05, 3.63) is 218 Å². The molecular weight excluding hydrogens is 1040 g/mol. The van der Waals surface area contributed by atoms with Gasteiger partial charge >= 0.3 is 0 Å². The highest BCUT2D eigenvalue weighted by atomic mass is 32.4. The molecule has 3 aliphatic rings.